The van der Waals surface area contributed by atoms with Crippen LogP contribution >= 0.6 is 0 Å². The second-order valence-corrected chi connectivity index (χ2v) is 4.29. The molecule has 0 radical (unpaired) electrons. The summed E-state index contributed by atoms with van der Waals surface area (Å²) in [5, 5.41) is 3.53. The molecule has 0 amide bonds. The fourth-order valence-corrected chi connectivity index (χ4v) is 2.60. The highest BCUT2D eigenvalue weighted by atomic mass is 16.5. The lowest BCUT2D eigenvalue weighted by molar-refractivity contribution is -0.152. The van der Waals surface area contributed by atoms with Gasteiger partial charge in [0, 0.05) is 5.54 Å². The number of piperidine rings is 1. The van der Waals surface area contributed by atoms with Crippen LogP contribution in [0.15, 0.2) is 0 Å². The average Bonchev–Trinajstić information content (AvgIpc) is 2.14. The quantitative estimate of drug-likeness (QED) is 0.618. The maximum atomic E-state index is 11.2. The first kappa shape index (κ1) is 9.00. The van der Waals surface area contributed by atoms with Crippen LogP contribution in [0, 0.1) is 5.92 Å². The van der Waals surface area contributed by atoms with Gasteiger partial charge in [0.1, 0.15) is 0 Å². The first-order valence-electron chi connectivity index (χ1n) is 5.09. The Hall–Kier alpha value is -0.570. The molecule has 0 unspecified atom stereocenters. The molecule has 1 heterocycles. The molecule has 74 valence electrons. The van der Waals surface area contributed by atoms with Gasteiger partial charge in [-0.25, -0.2) is 0 Å². The normalized spacial score (nSPS) is 38.4. The minimum atomic E-state index is -0.0296. The van der Waals surface area contributed by atoms with Crippen molar-refractivity contribution < 1.29 is 9.53 Å². The van der Waals surface area contributed by atoms with Crippen LogP contribution in [0.2, 0.25) is 0 Å². The number of carbonyl (C=O) groups is 1. The second-order valence-electron chi connectivity index (χ2n) is 4.29. The average molecular weight is 183 g/mol. The molecule has 2 fully saturated rings. The van der Waals surface area contributed by atoms with Crippen molar-refractivity contribution in [2.45, 2.75) is 37.6 Å². The number of carbonyl (C=O) groups excluding carboxylic acids is 1. The third-order valence-corrected chi connectivity index (χ3v) is 3.39. The minimum absolute atomic E-state index is 0.0296. The van der Waals surface area contributed by atoms with Crippen LogP contribution in [0.5, 0.6) is 0 Å². The summed E-state index contributed by atoms with van der Waals surface area (Å²) in [4.78, 5) is 11.2. The van der Waals surface area contributed by atoms with E-state index in [1.807, 2.05) is 0 Å². The fraction of sp³-hybridized carbons (Fsp3) is 0.900. The Balaban J connectivity index is 1.85. The Labute approximate surface area is 78.8 Å². The number of ether oxygens (including phenoxy) is 1. The van der Waals surface area contributed by atoms with Gasteiger partial charge in [-0.1, -0.05) is 6.42 Å². The van der Waals surface area contributed by atoms with Crippen molar-refractivity contribution in [1.29, 1.82) is 0 Å². The lowest BCUT2D eigenvalue weighted by atomic mass is 9.65. The van der Waals surface area contributed by atoms with E-state index in [4.69, 9.17) is 4.74 Å². The van der Waals surface area contributed by atoms with E-state index in [1.54, 1.807) is 0 Å². The molecule has 1 aliphatic carbocycles. The SMILES string of the molecule is COC(=O)C1CC2(CCCCN2)C1. The number of hydrogen-bond donors (Lipinski definition) is 1. The first-order chi connectivity index (χ1) is 6.26. The monoisotopic (exact) mass is 183 g/mol. The molecular weight excluding hydrogens is 166 g/mol. The van der Waals surface area contributed by atoms with Crippen LogP contribution in [-0.2, 0) is 9.53 Å². The highest BCUT2D eigenvalue weighted by Gasteiger charge is 2.47. The molecular formula is C10H17NO2. The van der Waals surface area contributed by atoms with Crippen LogP contribution in [0.3, 0.4) is 0 Å². The Morgan fingerprint density at radius 1 is 1.46 bits per heavy atom. The molecule has 0 aromatic heterocycles. The van der Waals surface area contributed by atoms with Crippen LogP contribution in [0.4, 0.5) is 0 Å². The number of hydrogen-bond acceptors (Lipinski definition) is 3. The molecule has 13 heavy (non-hydrogen) atoms. The van der Waals surface area contributed by atoms with Crippen LogP contribution in [0.1, 0.15) is 32.1 Å². The van der Waals surface area contributed by atoms with E-state index in [0.717, 1.165) is 19.4 Å². The van der Waals surface area contributed by atoms with Gasteiger partial charge in [-0.2, -0.15) is 0 Å². The summed E-state index contributed by atoms with van der Waals surface area (Å²) in [5.74, 6) is 0.133. The Morgan fingerprint density at radius 2 is 2.23 bits per heavy atom. The van der Waals surface area contributed by atoms with E-state index in [1.165, 1.54) is 26.4 Å². The standard InChI is InChI=1S/C10H17NO2/c1-13-9(12)8-6-10(7-8)4-2-3-5-11-10/h8,11H,2-7H2,1H3. The number of nitrogens with one attached hydrogen (secondary N) is 1. The van der Waals surface area contributed by atoms with E-state index >= 15 is 0 Å². The van der Waals surface area contributed by atoms with E-state index in [-0.39, 0.29) is 11.9 Å². The largest absolute Gasteiger partial charge is 0.469 e. The highest BCUT2D eigenvalue weighted by molar-refractivity contribution is 5.74. The van der Waals surface area contributed by atoms with Crippen molar-refractivity contribution in [3.05, 3.63) is 0 Å². The lowest BCUT2D eigenvalue weighted by Crippen LogP contribution is -2.59. The van der Waals surface area contributed by atoms with E-state index in [2.05, 4.69) is 5.32 Å². The summed E-state index contributed by atoms with van der Waals surface area (Å²) < 4.78 is 4.72. The molecule has 1 N–H and O–H groups in total. The maximum Gasteiger partial charge on any atom is 0.308 e. The molecule has 0 aromatic carbocycles. The summed E-state index contributed by atoms with van der Waals surface area (Å²) in [6, 6.07) is 0. The number of methoxy groups -OCH3 is 1. The first-order valence-corrected chi connectivity index (χ1v) is 5.09. The maximum absolute atomic E-state index is 11.2. The summed E-state index contributed by atoms with van der Waals surface area (Å²) in [6.07, 6.45) is 5.80. The van der Waals surface area contributed by atoms with Gasteiger partial charge < -0.3 is 10.1 Å². The predicted molar refractivity (Wildman–Crippen MR) is 49.3 cm³/mol. The number of rotatable bonds is 1. The Bertz CT molecular complexity index is 201. The van der Waals surface area contributed by atoms with Crippen molar-refractivity contribution in [3.8, 4) is 0 Å². The molecule has 3 heteroatoms. The molecule has 2 aliphatic rings. The van der Waals surface area contributed by atoms with Gasteiger partial charge in [0.05, 0.1) is 13.0 Å². The zero-order valence-corrected chi connectivity index (χ0v) is 8.14. The van der Waals surface area contributed by atoms with Crippen molar-refractivity contribution >= 4 is 5.97 Å². The van der Waals surface area contributed by atoms with Gasteiger partial charge in [0.2, 0.25) is 0 Å². The summed E-state index contributed by atoms with van der Waals surface area (Å²) in [7, 11) is 1.47. The summed E-state index contributed by atoms with van der Waals surface area (Å²) in [5.41, 5.74) is 0.303. The smallest absolute Gasteiger partial charge is 0.308 e. The Kier molecular flexibility index (Phi) is 2.28. The molecule has 3 nitrogen and oxygen atoms in total. The molecule has 0 bridgehead atoms. The Morgan fingerprint density at radius 3 is 2.77 bits per heavy atom. The van der Waals surface area contributed by atoms with Gasteiger partial charge in [-0.15, -0.1) is 0 Å². The van der Waals surface area contributed by atoms with Gasteiger partial charge in [-0.05, 0) is 32.2 Å². The third kappa shape index (κ3) is 1.57. The zero-order valence-electron chi connectivity index (χ0n) is 8.14. The molecule has 1 saturated carbocycles. The van der Waals surface area contributed by atoms with Gasteiger partial charge >= 0.3 is 5.97 Å². The van der Waals surface area contributed by atoms with Crippen molar-refractivity contribution in [3.63, 3.8) is 0 Å². The summed E-state index contributed by atoms with van der Waals surface area (Å²) >= 11 is 0. The van der Waals surface area contributed by atoms with E-state index in [9.17, 15) is 4.79 Å². The molecule has 1 aliphatic heterocycles. The van der Waals surface area contributed by atoms with Gasteiger partial charge in [-0.3, -0.25) is 4.79 Å². The second kappa shape index (κ2) is 3.29. The minimum Gasteiger partial charge on any atom is -0.469 e. The van der Waals surface area contributed by atoms with Crippen LogP contribution in [0.25, 0.3) is 0 Å². The van der Waals surface area contributed by atoms with Crippen molar-refractivity contribution in [2.75, 3.05) is 13.7 Å². The van der Waals surface area contributed by atoms with E-state index in [0.29, 0.717) is 5.54 Å². The molecule has 0 aromatic rings. The molecule has 0 atom stereocenters. The highest BCUT2D eigenvalue weighted by Crippen LogP contribution is 2.43. The molecule has 2 rings (SSSR count). The summed E-state index contributed by atoms with van der Waals surface area (Å²) in [6.45, 7) is 1.12. The van der Waals surface area contributed by atoms with Crippen molar-refractivity contribution in [1.82, 2.24) is 5.32 Å². The van der Waals surface area contributed by atoms with Crippen LogP contribution in [-0.4, -0.2) is 25.2 Å². The fourth-order valence-electron chi connectivity index (χ4n) is 2.60. The third-order valence-electron chi connectivity index (χ3n) is 3.39. The lowest BCUT2D eigenvalue weighted by Gasteiger charge is -2.49. The van der Waals surface area contributed by atoms with Gasteiger partial charge in [0.25, 0.3) is 0 Å². The van der Waals surface area contributed by atoms with Crippen molar-refractivity contribution in [2.24, 2.45) is 5.92 Å². The predicted octanol–water partition coefficient (Wildman–Crippen LogP) is 1.08. The van der Waals surface area contributed by atoms with E-state index < -0.39 is 0 Å². The topological polar surface area (TPSA) is 38.3 Å². The molecule has 1 spiro atoms. The zero-order chi connectivity index (χ0) is 9.31. The van der Waals surface area contributed by atoms with Crippen LogP contribution < -0.4 is 5.32 Å². The molecule has 1 saturated heterocycles. The van der Waals surface area contributed by atoms with Gasteiger partial charge in [0.15, 0.2) is 0 Å². The number of esters is 1.